The van der Waals surface area contributed by atoms with Crippen molar-refractivity contribution in [3.63, 3.8) is 0 Å². The Kier molecular flexibility index (Phi) is 5.81. The molecule has 1 aromatic heterocycles. The molecule has 1 aliphatic rings. The second-order valence-corrected chi connectivity index (χ2v) is 8.21. The molecule has 0 aliphatic carbocycles. The van der Waals surface area contributed by atoms with E-state index in [-0.39, 0.29) is 23.0 Å². The lowest BCUT2D eigenvalue weighted by molar-refractivity contribution is -0.173. The van der Waals surface area contributed by atoms with E-state index in [0.29, 0.717) is 21.3 Å². The molecule has 1 amide bonds. The second kappa shape index (κ2) is 8.26. The number of nitrogens with zero attached hydrogens (tertiary/aromatic N) is 2. The Balaban J connectivity index is 1.69. The van der Waals surface area contributed by atoms with E-state index in [9.17, 15) is 18.0 Å². The summed E-state index contributed by atoms with van der Waals surface area (Å²) in [6.07, 6.45) is -4.92. The Hall–Kier alpha value is -2.42. The van der Waals surface area contributed by atoms with Crippen molar-refractivity contribution in [3.8, 4) is 0 Å². The van der Waals surface area contributed by atoms with Crippen molar-refractivity contribution in [1.29, 1.82) is 0 Å². The van der Waals surface area contributed by atoms with Crippen molar-refractivity contribution in [2.75, 3.05) is 10.6 Å². The number of anilines is 2. The highest BCUT2D eigenvalue weighted by Gasteiger charge is 2.47. The summed E-state index contributed by atoms with van der Waals surface area (Å²) in [4.78, 5) is 12.7. The van der Waals surface area contributed by atoms with Crippen molar-refractivity contribution < 1.29 is 18.0 Å². The largest absolute Gasteiger partial charge is 0.410 e. The van der Waals surface area contributed by atoms with E-state index >= 15 is 0 Å². The fraction of sp³-hybridized carbons (Fsp3) is 0.200. The molecule has 4 rings (SSSR count). The number of hydrogen-bond donors (Lipinski definition) is 2. The van der Waals surface area contributed by atoms with Crippen LogP contribution in [0.4, 0.5) is 24.7 Å². The molecule has 0 saturated heterocycles. The number of fused-ring (bicyclic) bond motifs is 1. The molecule has 5 nitrogen and oxygen atoms in total. The number of nitrogens with one attached hydrogen (secondary N) is 2. The van der Waals surface area contributed by atoms with Gasteiger partial charge in [-0.25, -0.2) is 4.68 Å². The first-order valence-electron chi connectivity index (χ1n) is 9.07. The van der Waals surface area contributed by atoms with Gasteiger partial charge in [0.2, 0.25) is 0 Å². The minimum Gasteiger partial charge on any atom is -0.362 e. The van der Waals surface area contributed by atoms with Gasteiger partial charge in [0.25, 0.3) is 5.91 Å². The zero-order valence-corrected chi connectivity index (χ0v) is 17.8. The molecule has 0 bridgehead atoms. The smallest absolute Gasteiger partial charge is 0.362 e. The lowest BCUT2D eigenvalue weighted by Crippen LogP contribution is -2.35. The van der Waals surface area contributed by atoms with Crippen LogP contribution in [0, 0.1) is 0 Å². The number of amides is 1. The number of halogens is 6. The van der Waals surface area contributed by atoms with Gasteiger partial charge in [-0.3, -0.25) is 4.79 Å². The molecule has 0 spiro atoms. The predicted octanol–water partition coefficient (Wildman–Crippen LogP) is 6.76. The maximum absolute atomic E-state index is 13.8. The van der Waals surface area contributed by atoms with E-state index in [0.717, 1.165) is 4.68 Å². The summed E-state index contributed by atoms with van der Waals surface area (Å²) in [6, 6.07) is 10.1. The molecule has 2 aromatic carbocycles. The number of carbonyl (C=O) groups is 1. The third kappa shape index (κ3) is 4.46. The summed E-state index contributed by atoms with van der Waals surface area (Å²) >= 11 is 18.0. The van der Waals surface area contributed by atoms with Gasteiger partial charge in [-0.1, -0.05) is 46.9 Å². The lowest BCUT2D eigenvalue weighted by atomic mass is 9.97. The number of hydrogen-bond acceptors (Lipinski definition) is 3. The molecule has 11 heteroatoms. The Bertz CT molecular complexity index is 1110. The minimum absolute atomic E-state index is 0.0727. The Morgan fingerprint density at radius 1 is 1.03 bits per heavy atom. The zero-order chi connectivity index (χ0) is 22.3. The summed E-state index contributed by atoms with van der Waals surface area (Å²) in [7, 11) is 0. The number of alkyl halides is 3. The normalized spacial score (nSPS) is 18.3. The quantitative estimate of drug-likeness (QED) is 0.427. The van der Waals surface area contributed by atoms with E-state index in [1.54, 1.807) is 48.5 Å². The summed E-state index contributed by atoms with van der Waals surface area (Å²) in [5, 5.41) is 10.2. The molecule has 0 radical (unpaired) electrons. The van der Waals surface area contributed by atoms with Gasteiger partial charge in [-0.15, -0.1) is 0 Å². The van der Waals surface area contributed by atoms with Crippen LogP contribution in [0.2, 0.25) is 15.1 Å². The van der Waals surface area contributed by atoms with Gasteiger partial charge in [0.15, 0.2) is 11.7 Å². The van der Waals surface area contributed by atoms with E-state index in [2.05, 4.69) is 15.7 Å². The maximum atomic E-state index is 13.8. The Labute approximate surface area is 190 Å². The first-order valence-corrected chi connectivity index (χ1v) is 10.2. The SMILES string of the molecule is O=C(Nc1ccc(Cl)cc1)c1nn2c(c1Cl)N[C@@H](c1ccc(Cl)cc1)C[C@@H]2C(F)(F)F. The molecule has 2 atom stereocenters. The van der Waals surface area contributed by atoms with Gasteiger partial charge in [-0.05, 0) is 42.0 Å². The molecule has 2 N–H and O–H groups in total. The predicted molar refractivity (Wildman–Crippen MR) is 114 cm³/mol. The van der Waals surface area contributed by atoms with Gasteiger partial charge < -0.3 is 10.6 Å². The standard InChI is InChI=1S/C20H14Cl3F3N4O/c21-11-3-1-10(2-4-11)14-9-15(20(24,25)26)30-18(28-14)16(23)17(29-30)19(31)27-13-7-5-12(22)6-8-13/h1-8,14-15,28H,9H2,(H,27,31)/t14-,15-/m1/s1. The summed E-state index contributed by atoms with van der Waals surface area (Å²) in [6.45, 7) is 0. The number of rotatable bonds is 3. The third-order valence-corrected chi connectivity index (χ3v) is 5.75. The van der Waals surface area contributed by atoms with Gasteiger partial charge in [0, 0.05) is 22.2 Å². The molecule has 2 heterocycles. The molecular formula is C20H14Cl3F3N4O. The minimum atomic E-state index is -4.60. The first-order chi connectivity index (χ1) is 14.6. The van der Waals surface area contributed by atoms with Crippen LogP contribution in [0.25, 0.3) is 0 Å². The topological polar surface area (TPSA) is 59.0 Å². The Morgan fingerprint density at radius 3 is 2.19 bits per heavy atom. The fourth-order valence-corrected chi connectivity index (χ4v) is 3.89. The number of benzene rings is 2. The maximum Gasteiger partial charge on any atom is 0.410 e. The highest BCUT2D eigenvalue weighted by molar-refractivity contribution is 6.36. The third-order valence-electron chi connectivity index (χ3n) is 4.89. The zero-order valence-electron chi connectivity index (χ0n) is 15.6. The molecule has 162 valence electrons. The van der Waals surface area contributed by atoms with Crippen LogP contribution in [-0.4, -0.2) is 21.9 Å². The van der Waals surface area contributed by atoms with Gasteiger partial charge in [0.05, 0.1) is 6.04 Å². The van der Waals surface area contributed by atoms with E-state index in [1.807, 2.05) is 0 Å². The van der Waals surface area contributed by atoms with Crippen LogP contribution in [0.3, 0.4) is 0 Å². The Morgan fingerprint density at radius 2 is 1.61 bits per heavy atom. The van der Waals surface area contributed by atoms with Crippen molar-refractivity contribution in [2.24, 2.45) is 0 Å². The summed E-state index contributed by atoms with van der Waals surface area (Å²) in [5.74, 6) is -0.809. The van der Waals surface area contributed by atoms with Crippen LogP contribution >= 0.6 is 34.8 Å². The fourth-order valence-electron chi connectivity index (χ4n) is 3.37. The van der Waals surface area contributed by atoms with E-state index < -0.39 is 24.2 Å². The van der Waals surface area contributed by atoms with Gasteiger partial charge in [-0.2, -0.15) is 18.3 Å². The first kappa shape index (κ1) is 21.8. The average molecular weight is 490 g/mol. The summed E-state index contributed by atoms with van der Waals surface area (Å²) < 4.78 is 42.2. The van der Waals surface area contributed by atoms with Crippen LogP contribution in [-0.2, 0) is 0 Å². The van der Waals surface area contributed by atoms with Crippen LogP contribution in [0.5, 0.6) is 0 Å². The van der Waals surface area contributed by atoms with Gasteiger partial charge in [0.1, 0.15) is 10.8 Å². The monoisotopic (exact) mass is 488 g/mol. The molecule has 0 saturated carbocycles. The molecule has 0 fully saturated rings. The van der Waals surface area contributed by atoms with Crippen molar-refractivity contribution in [1.82, 2.24) is 9.78 Å². The summed E-state index contributed by atoms with van der Waals surface area (Å²) in [5.41, 5.74) is 0.690. The highest BCUT2D eigenvalue weighted by Crippen LogP contribution is 2.46. The van der Waals surface area contributed by atoms with Crippen molar-refractivity contribution in [3.05, 3.63) is 74.9 Å². The molecule has 1 aliphatic heterocycles. The number of carbonyl (C=O) groups excluding carboxylic acids is 1. The van der Waals surface area contributed by atoms with Crippen LogP contribution in [0.15, 0.2) is 48.5 Å². The second-order valence-electron chi connectivity index (χ2n) is 6.96. The van der Waals surface area contributed by atoms with Crippen LogP contribution in [0.1, 0.15) is 34.6 Å². The molecular weight excluding hydrogens is 476 g/mol. The highest BCUT2D eigenvalue weighted by atomic mass is 35.5. The van der Waals surface area contributed by atoms with Crippen molar-refractivity contribution >= 4 is 52.2 Å². The lowest BCUT2D eigenvalue weighted by Gasteiger charge is -2.33. The average Bonchev–Trinajstić information content (AvgIpc) is 3.05. The van der Waals surface area contributed by atoms with E-state index in [1.165, 1.54) is 0 Å². The molecule has 3 aromatic rings. The van der Waals surface area contributed by atoms with Crippen molar-refractivity contribution in [2.45, 2.75) is 24.7 Å². The molecule has 0 unspecified atom stereocenters. The molecule has 31 heavy (non-hydrogen) atoms. The number of aromatic nitrogens is 2. The van der Waals surface area contributed by atoms with Crippen LogP contribution < -0.4 is 10.6 Å². The van der Waals surface area contributed by atoms with Gasteiger partial charge >= 0.3 is 6.18 Å². The van der Waals surface area contributed by atoms with E-state index in [4.69, 9.17) is 34.8 Å².